The molecule has 0 aromatic rings. The van der Waals surface area contributed by atoms with E-state index in [1.807, 2.05) is 0 Å². The number of likely N-dealkylation sites (N-methyl/N-ethyl adjacent to an activating group) is 1. The van der Waals surface area contributed by atoms with Gasteiger partial charge in [-0.05, 0) is 13.5 Å². The van der Waals surface area contributed by atoms with Crippen molar-refractivity contribution in [2.75, 3.05) is 26.7 Å². The lowest BCUT2D eigenvalue weighted by Gasteiger charge is -2.28. The third-order valence-corrected chi connectivity index (χ3v) is 7.47. The van der Waals surface area contributed by atoms with E-state index in [9.17, 15) is 0 Å². The van der Waals surface area contributed by atoms with Crippen LogP contribution in [0.1, 0.15) is 84.0 Å². The van der Waals surface area contributed by atoms with Crippen LogP contribution in [0, 0.1) is 0 Å². The quantitative estimate of drug-likeness (QED) is 0.146. The van der Waals surface area contributed by atoms with Crippen LogP contribution in [-0.4, -0.2) is 37.8 Å². The molecule has 0 radical (unpaired) electrons. The molecule has 0 atom stereocenters. The molecule has 0 saturated heterocycles. The van der Waals surface area contributed by atoms with Crippen molar-refractivity contribution in [3.63, 3.8) is 0 Å². The second kappa shape index (κ2) is 14.2. The molecule has 0 unspecified atom stereocenters. The maximum atomic E-state index is 6.37. The van der Waals surface area contributed by atoms with Gasteiger partial charge in [-0.15, -0.1) is 0 Å². The zero-order valence-corrected chi connectivity index (χ0v) is 17.7. The van der Waals surface area contributed by atoms with Crippen molar-refractivity contribution >= 4 is 35.7 Å². The molecular weight excluding hydrogens is 407 g/mol. The Labute approximate surface area is 154 Å². The first kappa shape index (κ1) is 20.9. The fraction of sp³-hybridized carbons (Fsp3) is 0.944. The van der Waals surface area contributed by atoms with Crippen LogP contribution in [0.3, 0.4) is 0 Å². The fourth-order valence-electron chi connectivity index (χ4n) is 2.90. The molecule has 0 amide bonds. The van der Waals surface area contributed by atoms with Gasteiger partial charge in [-0.2, -0.15) is 0 Å². The van der Waals surface area contributed by atoms with Crippen LogP contribution < -0.4 is 0 Å². The van der Waals surface area contributed by atoms with Crippen molar-refractivity contribution in [3.8, 4) is 0 Å². The molecule has 0 aliphatic carbocycles. The van der Waals surface area contributed by atoms with Gasteiger partial charge in [0.15, 0.2) is 0 Å². The number of hydrogen-bond donors (Lipinski definition) is 0. The standard InChI is InChI=1S/C18H36ClIN2/c1-3-4-5-6-7-8-9-10-11-12-13-14-15-22-17-16-21(2)20-18(22)19/h3-17H2,1-2H3. The Morgan fingerprint density at radius 3 is 1.82 bits per heavy atom. The van der Waals surface area contributed by atoms with E-state index in [2.05, 4.69) is 22.0 Å². The van der Waals surface area contributed by atoms with Crippen molar-refractivity contribution in [2.24, 2.45) is 0 Å². The average molecular weight is 443 g/mol. The molecule has 1 rings (SSSR count). The van der Waals surface area contributed by atoms with Crippen LogP contribution in [-0.2, 0) is 0 Å². The lowest BCUT2D eigenvalue weighted by Crippen LogP contribution is -2.37. The molecule has 1 aliphatic heterocycles. The van der Waals surface area contributed by atoms with Gasteiger partial charge in [0.2, 0.25) is 0 Å². The van der Waals surface area contributed by atoms with Gasteiger partial charge < -0.3 is 0 Å². The minimum Gasteiger partial charge on any atom is -0.258 e. The highest BCUT2D eigenvalue weighted by molar-refractivity contribution is 14.2. The highest BCUT2D eigenvalue weighted by Crippen LogP contribution is 2.19. The second-order valence-corrected chi connectivity index (χ2v) is 10.7. The maximum absolute atomic E-state index is 6.37. The van der Waals surface area contributed by atoms with E-state index < -0.39 is 0 Å². The number of nitrogens with zero attached hydrogens (tertiary/aromatic N) is 2. The summed E-state index contributed by atoms with van der Waals surface area (Å²) >= 11 is 6.32. The van der Waals surface area contributed by atoms with E-state index in [-0.39, 0.29) is 21.0 Å². The Morgan fingerprint density at radius 2 is 1.32 bits per heavy atom. The Bertz CT molecular complexity index is 297. The summed E-state index contributed by atoms with van der Waals surface area (Å²) in [4.78, 5) is 2.42. The van der Waals surface area contributed by atoms with Crippen molar-refractivity contribution in [1.29, 1.82) is 0 Å². The molecule has 0 spiro atoms. The highest BCUT2D eigenvalue weighted by atomic mass is 127. The van der Waals surface area contributed by atoms with E-state index in [1.165, 1.54) is 90.1 Å². The normalized spacial score (nSPS) is 17.3. The van der Waals surface area contributed by atoms with Crippen molar-refractivity contribution in [2.45, 2.75) is 84.0 Å². The summed E-state index contributed by atoms with van der Waals surface area (Å²) in [5.74, 6) is 0. The maximum Gasteiger partial charge on any atom is 0.129 e. The lowest BCUT2D eigenvalue weighted by molar-refractivity contribution is 0.383. The van der Waals surface area contributed by atoms with Crippen LogP contribution >= 0.6 is 32.6 Å². The monoisotopic (exact) mass is 442 g/mol. The van der Waals surface area contributed by atoms with Gasteiger partial charge in [0.05, 0.1) is 0 Å². The topological polar surface area (TPSA) is 6.48 Å². The van der Waals surface area contributed by atoms with Crippen molar-refractivity contribution in [1.82, 2.24) is 8.01 Å². The Kier molecular flexibility index (Phi) is 13.4. The molecular formula is C18H36ClIN2. The largest absolute Gasteiger partial charge is 0.258 e. The molecule has 0 saturated carbocycles. The van der Waals surface area contributed by atoms with E-state index in [4.69, 9.17) is 11.6 Å². The molecule has 132 valence electrons. The minimum absolute atomic E-state index is 0.0524. The fourth-order valence-corrected chi connectivity index (χ4v) is 5.72. The number of unbranched alkanes of at least 4 members (excludes halogenated alkanes) is 11. The van der Waals surface area contributed by atoms with Gasteiger partial charge >= 0.3 is 0 Å². The molecule has 2 nitrogen and oxygen atoms in total. The first-order chi connectivity index (χ1) is 10.7. The van der Waals surface area contributed by atoms with Crippen molar-refractivity contribution in [3.05, 3.63) is 0 Å². The Morgan fingerprint density at radius 1 is 0.818 bits per heavy atom. The number of halogens is 2. The van der Waals surface area contributed by atoms with Gasteiger partial charge in [0.1, 0.15) is 3.09 Å². The molecule has 22 heavy (non-hydrogen) atoms. The summed E-state index contributed by atoms with van der Waals surface area (Å²) in [5, 5.41) is 0. The number of rotatable bonds is 13. The Hall–Kier alpha value is 0.810. The van der Waals surface area contributed by atoms with Gasteiger partial charge in [-0.3, -0.25) is 8.01 Å². The molecule has 0 aromatic carbocycles. The summed E-state index contributed by atoms with van der Waals surface area (Å²) in [6.45, 7) is 5.80. The van der Waals surface area contributed by atoms with Crippen LogP contribution in [0.2, 0.25) is 0 Å². The third-order valence-electron chi connectivity index (χ3n) is 4.41. The SMILES string of the molecule is CCCCCCCCCCCCCCN1CCN(C)I=C1Cl. The van der Waals surface area contributed by atoms with E-state index >= 15 is 0 Å². The second-order valence-electron chi connectivity index (χ2n) is 6.53. The van der Waals surface area contributed by atoms with E-state index in [0.717, 1.165) is 9.64 Å². The van der Waals surface area contributed by atoms with Crippen LogP contribution in [0.25, 0.3) is 0 Å². The summed E-state index contributed by atoms with van der Waals surface area (Å²) in [5.41, 5.74) is 0. The first-order valence-corrected chi connectivity index (χ1v) is 11.8. The summed E-state index contributed by atoms with van der Waals surface area (Å²) in [7, 11) is 2.19. The third kappa shape index (κ3) is 10.6. The Balaban J connectivity index is 1.83. The molecule has 0 bridgehead atoms. The van der Waals surface area contributed by atoms with Crippen LogP contribution in [0.4, 0.5) is 0 Å². The zero-order chi connectivity index (χ0) is 16.0. The first-order valence-electron chi connectivity index (χ1n) is 9.37. The summed E-state index contributed by atoms with van der Waals surface area (Å²) in [6, 6.07) is 0. The molecule has 1 heterocycles. The summed E-state index contributed by atoms with van der Waals surface area (Å²) in [6.07, 6.45) is 17.1. The zero-order valence-electron chi connectivity index (χ0n) is 14.8. The minimum atomic E-state index is -0.0524. The predicted octanol–water partition coefficient (Wildman–Crippen LogP) is 6.15. The lowest BCUT2D eigenvalue weighted by atomic mass is 10.1. The van der Waals surface area contributed by atoms with Crippen LogP contribution in [0.15, 0.2) is 0 Å². The van der Waals surface area contributed by atoms with Gasteiger partial charge in [0.25, 0.3) is 0 Å². The van der Waals surface area contributed by atoms with Gasteiger partial charge in [-0.1, -0.05) is 89.2 Å². The van der Waals surface area contributed by atoms with Gasteiger partial charge in [0, 0.05) is 40.6 Å². The predicted molar refractivity (Wildman–Crippen MR) is 110 cm³/mol. The highest BCUT2D eigenvalue weighted by Gasteiger charge is 2.15. The van der Waals surface area contributed by atoms with Crippen LogP contribution in [0.5, 0.6) is 0 Å². The molecule has 0 aromatic heterocycles. The van der Waals surface area contributed by atoms with Gasteiger partial charge in [-0.25, -0.2) is 0 Å². The van der Waals surface area contributed by atoms with E-state index in [1.54, 1.807) is 0 Å². The molecule has 4 heteroatoms. The average Bonchev–Trinajstić information content (AvgIpc) is 2.50. The van der Waals surface area contributed by atoms with E-state index in [0.29, 0.717) is 0 Å². The molecule has 0 fully saturated rings. The number of hydrogen-bond acceptors (Lipinski definition) is 2. The molecule has 0 N–H and O–H groups in total. The molecule has 1 aliphatic rings. The van der Waals surface area contributed by atoms with Crippen molar-refractivity contribution < 1.29 is 0 Å². The smallest absolute Gasteiger partial charge is 0.129 e. The summed E-state index contributed by atoms with van der Waals surface area (Å²) < 4.78 is 3.55.